The van der Waals surface area contributed by atoms with Gasteiger partial charge in [0.15, 0.2) is 5.82 Å². The predicted octanol–water partition coefficient (Wildman–Crippen LogP) is 4.84. The molecule has 1 fully saturated rings. The first kappa shape index (κ1) is 22.4. The number of nitrogens with zero attached hydrogens (tertiary/aromatic N) is 4. The van der Waals surface area contributed by atoms with E-state index in [1.54, 1.807) is 18.5 Å². The van der Waals surface area contributed by atoms with Crippen LogP contribution in [0.3, 0.4) is 0 Å². The van der Waals surface area contributed by atoms with Crippen molar-refractivity contribution in [1.29, 1.82) is 0 Å². The van der Waals surface area contributed by atoms with E-state index in [-0.39, 0.29) is 17.3 Å². The van der Waals surface area contributed by atoms with E-state index in [2.05, 4.69) is 56.3 Å². The van der Waals surface area contributed by atoms with Crippen molar-refractivity contribution < 1.29 is 0 Å². The Morgan fingerprint density at radius 2 is 1.80 bits per heavy atom. The maximum Gasteiger partial charge on any atom is 0.158 e. The average Bonchev–Trinajstić information content (AvgIpc) is 3.15. The maximum atomic E-state index is 6.88. The van der Waals surface area contributed by atoms with E-state index < -0.39 is 0 Å². The number of anilines is 3. The van der Waals surface area contributed by atoms with Gasteiger partial charge in [0.25, 0.3) is 0 Å². The summed E-state index contributed by atoms with van der Waals surface area (Å²) in [7, 11) is 0. The molecule has 0 radical (unpaired) electrons. The number of pyridine rings is 1. The molecule has 0 saturated carbocycles. The number of aromatic nitrogens is 3. The van der Waals surface area contributed by atoms with Crippen LogP contribution in [0.1, 0.15) is 30.0 Å². The zero-order valence-corrected chi connectivity index (χ0v) is 20.7. The van der Waals surface area contributed by atoms with Gasteiger partial charge in [-0.1, -0.05) is 59.8 Å². The Morgan fingerprint density at radius 3 is 2.60 bits per heavy atom. The number of hydrogen-bond acceptors (Lipinski definition) is 8. The number of nitrogens with two attached hydrogens (primary N) is 3. The first-order valence-electron chi connectivity index (χ1n) is 11.7. The lowest BCUT2D eigenvalue weighted by Crippen LogP contribution is -2.44. The minimum atomic E-state index is 0.0525. The Bertz CT molecular complexity index is 1430. The van der Waals surface area contributed by atoms with Crippen molar-refractivity contribution >= 4 is 51.6 Å². The highest BCUT2D eigenvalue weighted by Gasteiger charge is 2.46. The normalized spacial score (nSPS) is 18.8. The number of piperidine rings is 1. The smallest absolute Gasteiger partial charge is 0.158 e. The van der Waals surface area contributed by atoms with Crippen molar-refractivity contribution in [1.82, 2.24) is 15.0 Å². The second kappa shape index (κ2) is 8.55. The lowest BCUT2D eigenvalue weighted by atomic mass is 9.73. The molecule has 1 unspecified atom stereocenters. The van der Waals surface area contributed by atoms with Crippen LogP contribution in [-0.4, -0.2) is 28.0 Å². The van der Waals surface area contributed by atoms with Gasteiger partial charge < -0.3 is 22.1 Å². The third-order valence-corrected chi connectivity index (χ3v) is 9.10. The zero-order chi connectivity index (χ0) is 24.2. The lowest BCUT2D eigenvalue weighted by Gasteiger charge is -2.42. The molecule has 178 valence electrons. The van der Waals surface area contributed by atoms with Gasteiger partial charge in [-0.15, -0.1) is 0 Å². The molecule has 0 bridgehead atoms. The zero-order valence-electron chi connectivity index (χ0n) is 19.1. The fourth-order valence-electron chi connectivity index (χ4n) is 5.54. The third kappa shape index (κ3) is 3.76. The molecule has 2 aromatic heterocycles. The number of nitrogen functional groups attached to an aromatic ring is 2. The van der Waals surface area contributed by atoms with Crippen LogP contribution in [0.5, 0.6) is 0 Å². The van der Waals surface area contributed by atoms with Gasteiger partial charge in [-0.25, -0.2) is 15.0 Å². The van der Waals surface area contributed by atoms with Crippen LogP contribution in [0.2, 0.25) is 5.02 Å². The van der Waals surface area contributed by atoms with Gasteiger partial charge >= 0.3 is 0 Å². The molecule has 0 amide bonds. The predicted molar refractivity (Wildman–Crippen MR) is 143 cm³/mol. The average molecular weight is 504 g/mol. The van der Waals surface area contributed by atoms with E-state index in [0.717, 1.165) is 43.1 Å². The molecule has 3 heterocycles. The van der Waals surface area contributed by atoms with E-state index in [9.17, 15) is 0 Å². The summed E-state index contributed by atoms with van der Waals surface area (Å²) in [6, 6.07) is 14.9. The van der Waals surface area contributed by atoms with Crippen LogP contribution in [0.4, 0.5) is 17.5 Å². The standard InChI is InChI=1S/C26H26ClN7S/c27-21-19(7-10-31-23(21)29)35-25-24(30)33-20(14-32-25)34-11-8-26(9-12-34)13-18-16-4-2-1-3-15(16)5-6-17(18)22(26)28/h1-7,10,14,22H,8-9,11-13,28H2,(H2,29,31)(H2,30,33). The molecule has 1 aliphatic heterocycles. The third-order valence-electron chi connectivity index (χ3n) is 7.52. The van der Waals surface area contributed by atoms with Gasteiger partial charge in [-0.3, -0.25) is 0 Å². The van der Waals surface area contributed by atoms with Crippen LogP contribution in [0.15, 0.2) is 64.8 Å². The van der Waals surface area contributed by atoms with Gasteiger partial charge in [0.2, 0.25) is 0 Å². The Labute approximate surface area is 213 Å². The van der Waals surface area contributed by atoms with Crippen LogP contribution in [0, 0.1) is 5.41 Å². The summed E-state index contributed by atoms with van der Waals surface area (Å²) in [5.74, 6) is 1.44. The molecule has 1 atom stereocenters. The van der Waals surface area contributed by atoms with Gasteiger partial charge in [-0.2, -0.15) is 0 Å². The molecule has 9 heteroatoms. The number of benzene rings is 2. The van der Waals surface area contributed by atoms with E-state index in [0.29, 0.717) is 15.9 Å². The Kier molecular flexibility index (Phi) is 5.47. The molecule has 1 spiro atoms. The van der Waals surface area contributed by atoms with Crippen molar-refractivity contribution in [2.45, 2.75) is 35.2 Å². The van der Waals surface area contributed by atoms with Crippen molar-refractivity contribution in [3.8, 4) is 0 Å². The molecule has 7 nitrogen and oxygen atoms in total. The summed E-state index contributed by atoms with van der Waals surface area (Å²) >= 11 is 7.60. The second-order valence-electron chi connectivity index (χ2n) is 9.39. The molecule has 1 saturated heterocycles. The fraction of sp³-hybridized carbons (Fsp3) is 0.269. The summed E-state index contributed by atoms with van der Waals surface area (Å²) in [4.78, 5) is 16.2. The number of fused-ring (bicyclic) bond motifs is 3. The molecule has 2 aliphatic rings. The molecule has 1 aliphatic carbocycles. The van der Waals surface area contributed by atoms with Crippen LogP contribution < -0.4 is 22.1 Å². The van der Waals surface area contributed by atoms with Gasteiger partial charge in [0.05, 0.1) is 11.2 Å². The molecule has 2 aromatic carbocycles. The highest BCUT2D eigenvalue weighted by Crippen LogP contribution is 2.52. The molecule has 6 rings (SSSR count). The number of rotatable bonds is 3. The van der Waals surface area contributed by atoms with E-state index in [4.69, 9.17) is 28.8 Å². The highest BCUT2D eigenvalue weighted by molar-refractivity contribution is 7.99. The first-order valence-corrected chi connectivity index (χ1v) is 12.9. The number of halogens is 1. The highest BCUT2D eigenvalue weighted by atomic mass is 35.5. The van der Waals surface area contributed by atoms with Crippen molar-refractivity contribution in [3.05, 3.63) is 71.0 Å². The minimum absolute atomic E-state index is 0.0525. The fourth-order valence-corrected chi connectivity index (χ4v) is 6.55. The second-order valence-corrected chi connectivity index (χ2v) is 10.8. The first-order chi connectivity index (χ1) is 16.9. The SMILES string of the molecule is Nc1nc(N2CCC3(CC2)Cc2c(ccc4ccccc24)C3N)cnc1Sc1ccnc(N)c1Cl. The summed E-state index contributed by atoms with van der Waals surface area (Å²) in [5, 5.41) is 3.61. The van der Waals surface area contributed by atoms with Crippen molar-refractivity contribution in [2.75, 3.05) is 29.5 Å². The minimum Gasteiger partial charge on any atom is -0.382 e. The summed E-state index contributed by atoms with van der Waals surface area (Å²) in [6.45, 7) is 1.74. The molecule has 35 heavy (non-hydrogen) atoms. The Morgan fingerprint density at radius 1 is 1.00 bits per heavy atom. The topological polar surface area (TPSA) is 120 Å². The quantitative estimate of drug-likeness (QED) is 0.363. The maximum absolute atomic E-state index is 6.88. The lowest BCUT2D eigenvalue weighted by molar-refractivity contribution is 0.187. The van der Waals surface area contributed by atoms with E-state index >= 15 is 0 Å². The van der Waals surface area contributed by atoms with Crippen molar-refractivity contribution in [2.24, 2.45) is 11.1 Å². The monoisotopic (exact) mass is 503 g/mol. The van der Waals surface area contributed by atoms with Gasteiger partial charge in [0, 0.05) is 30.2 Å². The molecular weight excluding hydrogens is 478 g/mol. The van der Waals surface area contributed by atoms with Crippen molar-refractivity contribution in [3.63, 3.8) is 0 Å². The molecular formula is C26H26ClN7S. The molecule has 6 N–H and O–H groups in total. The van der Waals surface area contributed by atoms with Crippen LogP contribution in [-0.2, 0) is 6.42 Å². The Balaban J connectivity index is 1.19. The number of hydrogen-bond donors (Lipinski definition) is 3. The summed E-state index contributed by atoms with van der Waals surface area (Å²) < 4.78 is 0. The van der Waals surface area contributed by atoms with Gasteiger partial charge in [0.1, 0.15) is 16.7 Å². The summed E-state index contributed by atoms with van der Waals surface area (Å²) in [6.07, 6.45) is 6.42. The largest absolute Gasteiger partial charge is 0.382 e. The van der Waals surface area contributed by atoms with Crippen LogP contribution in [0.25, 0.3) is 10.8 Å². The van der Waals surface area contributed by atoms with Gasteiger partial charge in [-0.05, 0) is 52.6 Å². The van der Waals surface area contributed by atoms with E-state index in [1.807, 2.05) is 0 Å². The Hall–Kier alpha value is -3.07. The van der Waals surface area contributed by atoms with E-state index in [1.165, 1.54) is 33.7 Å². The summed E-state index contributed by atoms with van der Waals surface area (Å²) in [5.41, 5.74) is 21.8. The molecule has 4 aromatic rings. The van der Waals surface area contributed by atoms with Crippen LogP contribution >= 0.6 is 23.4 Å².